The van der Waals surface area contributed by atoms with Crippen LogP contribution in [0.2, 0.25) is 0 Å². The van der Waals surface area contributed by atoms with Crippen LogP contribution in [0.15, 0.2) is 84.9 Å². The Balaban J connectivity index is 1.46. The fraction of sp³-hybridized carbons (Fsp3) is 0.148. The predicted octanol–water partition coefficient (Wildman–Crippen LogP) is 5.00. The van der Waals surface area contributed by atoms with Crippen LogP contribution in [0.25, 0.3) is 11.3 Å². The van der Waals surface area contributed by atoms with Gasteiger partial charge in [-0.2, -0.15) is 9.78 Å². The molecular formula is C27H24N4O2S. The highest BCUT2D eigenvalue weighted by Gasteiger charge is 2.29. The highest BCUT2D eigenvalue weighted by Crippen LogP contribution is 2.31. The standard InChI is InChI=1S/C27H24N4O2S/c1-33-22-14-12-21(13-15-22)28-27(34)30-17-16-24-23(18-30)25(19-8-4-2-5-9-19)29-31(24)26(32)20-10-6-3-7-11-20/h2-15H,16-18H2,1H3,(H,28,34). The Morgan fingerprint density at radius 1 is 0.971 bits per heavy atom. The van der Waals surface area contributed by atoms with E-state index in [1.54, 1.807) is 11.8 Å². The van der Waals surface area contributed by atoms with Gasteiger partial charge in [-0.25, -0.2) is 0 Å². The van der Waals surface area contributed by atoms with E-state index in [1.807, 2.05) is 84.9 Å². The van der Waals surface area contributed by atoms with E-state index in [4.69, 9.17) is 22.1 Å². The lowest BCUT2D eigenvalue weighted by atomic mass is 10.0. The molecule has 0 atom stereocenters. The Kier molecular flexibility index (Phi) is 6.10. The summed E-state index contributed by atoms with van der Waals surface area (Å²) < 4.78 is 6.80. The summed E-state index contributed by atoms with van der Waals surface area (Å²) in [5, 5.41) is 8.75. The van der Waals surface area contributed by atoms with Crippen LogP contribution in [0, 0.1) is 0 Å². The molecule has 6 nitrogen and oxygen atoms in total. The van der Waals surface area contributed by atoms with Gasteiger partial charge in [0.25, 0.3) is 5.91 Å². The minimum Gasteiger partial charge on any atom is -0.497 e. The molecule has 170 valence electrons. The van der Waals surface area contributed by atoms with E-state index in [2.05, 4.69) is 10.2 Å². The van der Waals surface area contributed by atoms with Crippen molar-refractivity contribution in [1.82, 2.24) is 14.7 Å². The predicted molar refractivity (Wildman–Crippen MR) is 137 cm³/mol. The zero-order chi connectivity index (χ0) is 23.5. The van der Waals surface area contributed by atoms with Crippen LogP contribution in [-0.2, 0) is 13.0 Å². The summed E-state index contributed by atoms with van der Waals surface area (Å²) in [5.74, 6) is 0.675. The van der Waals surface area contributed by atoms with Gasteiger partial charge in [-0.3, -0.25) is 4.79 Å². The van der Waals surface area contributed by atoms with Gasteiger partial charge in [-0.15, -0.1) is 0 Å². The molecule has 0 aliphatic carbocycles. The van der Waals surface area contributed by atoms with Gasteiger partial charge in [0.2, 0.25) is 0 Å². The number of nitrogens with one attached hydrogen (secondary N) is 1. The smallest absolute Gasteiger partial charge is 0.278 e. The molecule has 1 aliphatic rings. The molecule has 1 N–H and O–H groups in total. The van der Waals surface area contributed by atoms with Crippen LogP contribution >= 0.6 is 12.2 Å². The van der Waals surface area contributed by atoms with E-state index in [1.165, 1.54) is 0 Å². The molecule has 2 heterocycles. The van der Waals surface area contributed by atoms with Crippen molar-refractivity contribution in [1.29, 1.82) is 0 Å². The Morgan fingerprint density at radius 2 is 1.65 bits per heavy atom. The maximum atomic E-state index is 13.3. The summed E-state index contributed by atoms with van der Waals surface area (Å²) >= 11 is 5.73. The summed E-state index contributed by atoms with van der Waals surface area (Å²) in [4.78, 5) is 15.4. The highest BCUT2D eigenvalue weighted by molar-refractivity contribution is 7.80. The second-order valence-electron chi connectivity index (χ2n) is 8.05. The number of hydrogen-bond acceptors (Lipinski definition) is 4. The molecule has 1 aliphatic heterocycles. The molecule has 0 fully saturated rings. The molecule has 34 heavy (non-hydrogen) atoms. The number of carbonyl (C=O) groups is 1. The first-order valence-electron chi connectivity index (χ1n) is 11.1. The Hall–Kier alpha value is -3.97. The van der Waals surface area contributed by atoms with E-state index in [0.29, 0.717) is 30.2 Å². The molecule has 7 heteroatoms. The normalized spacial score (nSPS) is 12.7. The quantitative estimate of drug-likeness (QED) is 0.425. The summed E-state index contributed by atoms with van der Waals surface area (Å²) in [6.45, 7) is 1.26. The summed E-state index contributed by atoms with van der Waals surface area (Å²) in [6, 6.07) is 26.9. The largest absolute Gasteiger partial charge is 0.497 e. The molecule has 0 saturated heterocycles. The number of rotatable bonds is 4. The van der Waals surface area contributed by atoms with Crippen molar-refractivity contribution in [2.45, 2.75) is 13.0 Å². The average molecular weight is 469 g/mol. The van der Waals surface area contributed by atoms with E-state index in [9.17, 15) is 4.79 Å². The lowest BCUT2D eigenvalue weighted by molar-refractivity contribution is 0.0940. The number of benzene rings is 3. The number of anilines is 1. The second-order valence-corrected chi connectivity index (χ2v) is 8.44. The second kappa shape index (κ2) is 9.49. The fourth-order valence-corrected chi connectivity index (χ4v) is 4.44. The third kappa shape index (κ3) is 4.30. The number of thiocarbonyl (C=S) groups is 1. The third-order valence-corrected chi connectivity index (χ3v) is 6.31. The van der Waals surface area contributed by atoms with Crippen molar-refractivity contribution >= 4 is 28.9 Å². The SMILES string of the molecule is COc1ccc(NC(=S)N2CCc3c(c(-c4ccccc4)nn3C(=O)c3ccccc3)C2)cc1. The lowest BCUT2D eigenvalue weighted by Crippen LogP contribution is -2.39. The van der Waals surface area contributed by atoms with Crippen LogP contribution in [0.3, 0.4) is 0 Å². The zero-order valence-electron chi connectivity index (χ0n) is 18.8. The van der Waals surface area contributed by atoms with E-state index < -0.39 is 0 Å². The number of aromatic nitrogens is 2. The monoisotopic (exact) mass is 468 g/mol. The van der Waals surface area contributed by atoms with Gasteiger partial charge in [0.05, 0.1) is 18.5 Å². The van der Waals surface area contributed by atoms with E-state index in [0.717, 1.165) is 34.0 Å². The average Bonchev–Trinajstić information content (AvgIpc) is 3.28. The lowest BCUT2D eigenvalue weighted by Gasteiger charge is -2.30. The number of carbonyl (C=O) groups excluding carboxylic acids is 1. The summed E-state index contributed by atoms with van der Waals surface area (Å²) in [7, 11) is 1.64. The van der Waals surface area contributed by atoms with Crippen LogP contribution in [-0.4, -0.2) is 39.4 Å². The van der Waals surface area contributed by atoms with E-state index >= 15 is 0 Å². The first-order valence-corrected chi connectivity index (χ1v) is 11.5. The molecule has 1 aromatic heterocycles. The van der Waals surface area contributed by atoms with Crippen molar-refractivity contribution in [3.05, 3.63) is 102 Å². The minimum atomic E-state index is -0.119. The van der Waals surface area contributed by atoms with Gasteiger partial charge >= 0.3 is 0 Å². The van der Waals surface area contributed by atoms with Gasteiger partial charge in [-0.05, 0) is 48.6 Å². The molecule has 0 unspecified atom stereocenters. The Bertz CT molecular complexity index is 1320. The van der Waals surface area contributed by atoms with Gasteiger partial charge in [0.15, 0.2) is 5.11 Å². The Morgan fingerprint density at radius 3 is 2.32 bits per heavy atom. The molecule has 0 amide bonds. The highest BCUT2D eigenvalue weighted by atomic mass is 32.1. The van der Waals surface area contributed by atoms with Crippen LogP contribution in [0.4, 0.5) is 5.69 Å². The van der Waals surface area contributed by atoms with Crippen molar-refractivity contribution < 1.29 is 9.53 Å². The minimum absolute atomic E-state index is 0.119. The zero-order valence-corrected chi connectivity index (χ0v) is 19.6. The van der Waals surface area contributed by atoms with Crippen LogP contribution in [0.5, 0.6) is 5.75 Å². The number of methoxy groups -OCH3 is 1. The van der Waals surface area contributed by atoms with Crippen LogP contribution in [0.1, 0.15) is 21.6 Å². The molecule has 3 aromatic carbocycles. The first kappa shape index (κ1) is 21.9. The van der Waals surface area contributed by atoms with Crippen LogP contribution < -0.4 is 10.1 Å². The summed E-state index contributed by atoms with van der Waals surface area (Å²) in [6.07, 6.45) is 0.665. The molecule has 0 bridgehead atoms. The molecule has 0 saturated carbocycles. The molecule has 0 spiro atoms. The number of nitrogens with zero attached hydrogens (tertiary/aromatic N) is 3. The third-order valence-electron chi connectivity index (χ3n) is 5.95. The van der Waals surface area contributed by atoms with Crippen molar-refractivity contribution in [2.24, 2.45) is 0 Å². The first-order chi connectivity index (χ1) is 16.6. The van der Waals surface area contributed by atoms with Crippen molar-refractivity contribution in [3.8, 4) is 17.0 Å². The van der Waals surface area contributed by atoms with E-state index in [-0.39, 0.29) is 5.91 Å². The topological polar surface area (TPSA) is 59.4 Å². The molecule has 4 aromatic rings. The van der Waals surface area contributed by atoms with Gasteiger partial charge in [0, 0.05) is 41.9 Å². The number of ether oxygens (including phenoxy) is 1. The van der Waals surface area contributed by atoms with Gasteiger partial charge in [-0.1, -0.05) is 48.5 Å². The van der Waals surface area contributed by atoms with Crippen molar-refractivity contribution in [2.75, 3.05) is 19.0 Å². The maximum Gasteiger partial charge on any atom is 0.278 e. The number of hydrogen-bond donors (Lipinski definition) is 1. The fourth-order valence-electron chi connectivity index (χ4n) is 4.17. The van der Waals surface area contributed by atoms with Gasteiger partial charge in [0.1, 0.15) is 5.75 Å². The number of fused-ring (bicyclic) bond motifs is 1. The summed E-state index contributed by atoms with van der Waals surface area (Å²) in [5.41, 5.74) is 5.28. The van der Waals surface area contributed by atoms with Gasteiger partial charge < -0.3 is 15.0 Å². The Labute approximate surface area is 203 Å². The molecule has 5 rings (SSSR count). The maximum absolute atomic E-state index is 13.3. The van der Waals surface area contributed by atoms with Crippen molar-refractivity contribution in [3.63, 3.8) is 0 Å². The molecular weight excluding hydrogens is 444 g/mol. The molecule has 0 radical (unpaired) electrons.